The molecule has 0 aliphatic carbocycles. The van der Waals surface area contributed by atoms with Crippen molar-refractivity contribution >= 4 is 22.9 Å². The summed E-state index contributed by atoms with van der Waals surface area (Å²) >= 11 is 1.53. The molecule has 27 heavy (non-hydrogen) atoms. The minimum atomic E-state index is -1.40. The number of halogens is 1. The fourth-order valence-corrected chi connectivity index (χ4v) is 4.72. The van der Waals surface area contributed by atoms with Gasteiger partial charge in [0.2, 0.25) is 5.95 Å². The van der Waals surface area contributed by atoms with Gasteiger partial charge in [0.25, 0.3) is 0 Å². The molecular weight excluding hydrogens is 367 g/mol. The Kier molecular flexibility index (Phi) is 4.31. The van der Waals surface area contributed by atoms with Crippen LogP contribution in [-0.2, 0) is 11.1 Å². The highest BCUT2D eigenvalue weighted by Crippen LogP contribution is 2.45. The van der Waals surface area contributed by atoms with Crippen molar-refractivity contribution in [1.29, 1.82) is 0 Å². The minimum Gasteiger partial charge on any atom is -0.384 e. The molecule has 2 aliphatic heterocycles. The van der Waals surface area contributed by atoms with Gasteiger partial charge in [-0.25, -0.2) is 19.4 Å². The van der Waals surface area contributed by atoms with Crippen LogP contribution in [0.2, 0.25) is 0 Å². The van der Waals surface area contributed by atoms with Crippen LogP contribution >= 0.6 is 11.8 Å². The number of aliphatic imine (C=N–C) groups is 1. The van der Waals surface area contributed by atoms with Crippen LogP contribution in [0.15, 0.2) is 35.7 Å². The van der Waals surface area contributed by atoms with Crippen LogP contribution in [0.4, 0.5) is 10.3 Å². The number of amidine groups is 1. The molecule has 3 N–H and O–H groups in total. The summed E-state index contributed by atoms with van der Waals surface area (Å²) in [5, 5.41) is 10.8. The van der Waals surface area contributed by atoms with Crippen molar-refractivity contribution in [2.24, 2.45) is 16.6 Å². The number of pyridine rings is 1. The molecule has 1 fully saturated rings. The summed E-state index contributed by atoms with van der Waals surface area (Å²) in [7, 11) is 0. The monoisotopic (exact) mass is 388 g/mol. The molecule has 0 aromatic carbocycles. The Morgan fingerprint density at radius 1 is 1.41 bits per heavy atom. The van der Waals surface area contributed by atoms with Crippen LogP contribution in [0.3, 0.4) is 0 Å². The maximum Gasteiger partial charge on any atom is 0.225 e. The van der Waals surface area contributed by atoms with Gasteiger partial charge < -0.3 is 15.7 Å². The molecule has 0 bridgehead atoms. The van der Waals surface area contributed by atoms with Crippen LogP contribution in [0, 0.1) is 11.7 Å². The number of hydrogen-bond acceptors (Lipinski definition) is 8. The first-order chi connectivity index (χ1) is 12.8. The molecule has 2 atom stereocenters. The molecule has 0 radical (unpaired) electrons. The van der Waals surface area contributed by atoms with Crippen molar-refractivity contribution in [3.05, 3.63) is 47.8 Å². The zero-order chi connectivity index (χ0) is 19.2. The largest absolute Gasteiger partial charge is 0.384 e. The van der Waals surface area contributed by atoms with E-state index >= 15 is 0 Å². The lowest BCUT2D eigenvalue weighted by Crippen LogP contribution is -2.40. The van der Waals surface area contributed by atoms with Crippen LogP contribution in [-0.4, -0.2) is 44.1 Å². The van der Waals surface area contributed by atoms with E-state index < -0.39 is 17.0 Å². The van der Waals surface area contributed by atoms with Crippen molar-refractivity contribution in [2.75, 3.05) is 23.7 Å². The molecule has 2 aromatic rings. The lowest BCUT2D eigenvalue weighted by molar-refractivity contribution is 0.0693. The first-order valence-electron chi connectivity index (χ1n) is 8.68. The second-order valence-corrected chi connectivity index (χ2v) is 8.47. The third-order valence-corrected chi connectivity index (χ3v) is 6.00. The first-order valence-corrected chi connectivity index (χ1v) is 9.67. The van der Waals surface area contributed by atoms with Gasteiger partial charge in [-0.2, -0.15) is 0 Å². The average molecular weight is 388 g/mol. The number of hydrogen-bond donors (Lipinski definition) is 2. The highest BCUT2D eigenvalue weighted by Gasteiger charge is 2.51. The van der Waals surface area contributed by atoms with Gasteiger partial charge in [0.1, 0.15) is 16.8 Å². The van der Waals surface area contributed by atoms with Crippen LogP contribution in [0.5, 0.6) is 0 Å². The van der Waals surface area contributed by atoms with Crippen LogP contribution < -0.4 is 10.6 Å². The number of fused-ring (bicyclic) bond motifs is 1. The van der Waals surface area contributed by atoms with Gasteiger partial charge in [0.05, 0.1) is 12.7 Å². The Balaban J connectivity index is 1.75. The van der Waals surface area contributed by atoms with E-state index in [1.54, 1.807) is 6.20 Å². The first kappa shape index (κ1) is 18.1. The van der Waals surface area contributed by atoms with E-state index in [1.165, 1.54) is 25.6 Å². The number of nitrogens with zero attached hydrogens (tertiary/aromatic N) is 5. The lowest BCUT2D eigenvalue weighted by atomic mass is 9.83. The second kappa shape index (κ2) is 6.42. The molecule has 0 spiro atoms. The predicted molar refractivity (Wildman–Crippen MR) is 103 cm³/mol. The van der Waals surface area contributed by atoms with E-state index in [1.807, 2.05) is 23.2 Å². The topological polar surface area (TPSA) is 101 Å². The molecule has 4 heterocycles. The third-order valence-electron chi connectivity index (χ3n) is 5.05. The molecule has 142 valence electrons. The molecule has 0 saturated carbocycles. The van der Waals surface area contributed by atoms with E-state index in [2.05, 4.69) is 15.0 Å². The Hall–Kier alpha value is -2.26. The van der Waals surface area contributed by atoms with Crippen molar-refractivity contribution in [3.8, 4) is 0 Å². The van der Waals surface area contributed by atoms with Crippen molar-refractivity contribution in [3.63, 3.8) is 0 Å². The van der Waals surface area contributed by atoms with Gasteiger partial charge in [-0.05, 0) is 19.9 Å². The lowest BCUT2D eigenvalue weighted by Gasteiger charge is -2.34. The molecule has 7 nitrogen and oxygen atoms in total. The highest BCUT2D eigenvalue weighted by molar-refractivity contribution is 8.13. The predicted octanol–water partition coefficient (Wildman–Crippen LogP) is 1.63. The highest BCUT2D eigenvalue weighted by atomic mass is 32.2. The molecule has 9 heteroatoms. The number of rotatable bonds is 3. The van der Waals surface area contributed by atoms with E-state index in [0.717, 1.165) is 17.5 Å². The molecule has 4 rings (SSSR count). The molecule has 2 aliphatic rings. The van der Waals surface area contributed by atoms with Gasteiger partial charge in [-0.1, -0.05) is 17.8 Å². The van der Waals surface area contributed by atoms with E-state index in [-0.39, 0.29) is 11.6 Å². The summed E-state index contributed by atoms with van der Waals surface area (Å²) < 4.78 is 14.1. The van der Waals surface area contributed by atoms with E-state index in [9.17, 15) is 9.50 Å². The SMILES string of the molecule is CC(C)(O)c1nc(N2C[C@H]3CSC(N)=N[C@@]3(c3cccnc3)C2)ncc1F. The van der Waals surface area contributed by atoms with Crippen molar-refractivity contribution in [1.82, 2.24) is 15.0 Å². The second-order valence-electron chi connectivity index (χ2n) is 7.43. The fourth-order valence-electron chi connectivity index (χ4n) is 3.74. The van der Waals surface area contributed by atoms with Crippen molar-refractivity contribution in [2.45, 2.75) is 25.0 Å². The zero-order valence-electron chi connectivity index (χ0n) is 15.1. The Labute approximate surface area is 160 Å². The number of nitrogens with two attached hydrogens (primary N) is 1. The van der Waals surface area contributed by atoms with Crippen molar-refractivity contribution < 1.29 is 9.50 Å². The normalized spacial score (nSPS) is 25.3. The number of aromatic nitrogens is 3. The fraction of sp³-hybridized carbons (Fsp3) is 0.444. The summed E-state index contributed by atoms with van der Waals surface area (Å²) in [6.07, 6.45) is 4.66. The van der Waals surface area contributed by atoms with Gasteiger partial charge in [-0.15, -0.1) is 0 Å². The summed E-state index contributed by atoms with van der Waals surface area (Å²) in [5.41, 5.74) is 5.10. The van der Waals surface area contributed by atoms with Gasteiger partial charge >= 0.3 is 0 Å². The summed E-state index contributed by atoms with van der Waals surface area (Å²) in [6.45, 7) is 4.19. The molecule has 0 amide bonds. The van der Waals surface area contributed by atoms with Gasteiger partial charge in [0, 0.05) is 36.2 Å². The Bertz CT molecular complexity index is 887. The zero-order valence-corrected chi connectivity index (χ0v) is 15.9. The number of anilines is 1. The summed E-state index contributed by atoms with van der Waals surface area (Å²) in [4.78, 5) is 19.5. The van der Waals surface area contributed by atoms with Crippen LogP contribution in [0.1, 0.15) is 25.1 Å². The number of aliphatic hydroxyl groups is 1. The van der Waals surface area contributed by atoms with E-state index in [4.69, 9.17) is 10.7 Å². The summed E-state index contributed by atoms with van der Waals surface area (Å²) in [6, 6.07) is 3.89. The average Bonchev–Trinajstić information content (AvgIpc) is 3.02. The quantitative estimate of drug-likeness (QED) is 0.824. The third kappa shape index (κ3) is 3.14. The molecule has 1 saturated heterocycles. The standard InChI is InChI=1S/C18H21FN6OS/c1-17(2,26)14-13(19)7-22-16(23-14)25-8-12-9-27-15(20)24-18(12,10-25)11-4-3-5-21-6-11/h3-7,12,26H,8-10H2,1-2H3,(H2,20,24)/t12-,18+/m0/s1. The number of thioether (sulfide) groups is 1. The molecule has 2 aromatic heterocycles. The molecule has 0 unspecified atom stereocenters. The molecular formula is C18H21FN6OS. The minimum absolute atomic E-state index is 0.0183. The van der Waals surface area contributed by atoms with Gasteiger partial charge in [-0.3, -0.25) is 4.98 Å². The smallest absolute Gasteiger partial charge is 0.225 e. The van der Waals surface area contributed by atoms with Gasteiger partial charge in [0.15, 0.2) is 11.0 Å². The summed E-state index contributed by atoms with van der Waals surface area (Å²) in [5.74, 6) is 0.770. The maximum absolute atomic E-state index is 14.1. The van der Waals surface area contributed by atoms with Crippen LogP contribution in [0.25, 0.3) is 0 Å². The van der Waals surface area contributed by atoms with E-state index in [0.29, 0.717) is 24.2 Å². The Morgan fingerprint density at radius 2 is 2.22 bits per heavy atom. The maximum atomic E-state index is 14.1. The Morgan fingerprint density at radius 3 is 2.93 bits per heavy atom.